The molecule has 0 bridgehead atoms. The van der Waals surface area contributed by atoms with Crippen molar-refractivity contribution in [2.45, 2.75) is 29.7 Å². The second-order valence-corrected chi connectivity index (χ2v) is 10.0. The van der Waals surface area contributed by atoms with Crippen molar-refractivity contribution in [3.8, 4) is 17.7 Å². The normalized spacial score (nSPS) is 18.6. The molecule has 9 nitrogen and oxygen atoms in total. The standard InChI is InChI=1S/C27H24N6O3S/c28-17-31-15-13-19(14-16-31)29-27(35)33-32-25-22(7-4-8-23(25)37-33)24(26(34)30-32)18-9-11-21(12-10-18)36-20-5-2-1-3-6-20/h1-12,19,24H,13-16H2,(H,29,35)(H,30,34). The summed E-state index contributed by atoms with van der Waals surface area (Å²) in [6, 6.07) is 22.5. The van der Waals surface area contributed by atoms with E-state index in [1.807, 2.05) is 72.8 Å². The molecule has 1 fully saturated rings. The van der Waals surface area contributed by atoms with Crippen molar-refractivity contribution in [2.75, 3.05) is 18.2 Å². The molecule has 186 valence electrons. The van der Waals surface area contributed by atoms with E-state index in [0.717, 1.165) is 27.5 Å². The fraction of sp³-hybridized carbons (Fsp3) is 0.222. The van der Waals surface area contributed by atoms with Gasteiger partial charge in [0.05, 0.1) is 10.8 Å². The Labute approximate surface area is 218 Å². The maximum Gasteiger partial charge on any atom is 0.348 e. The van der Waals surface area contributed by atoms with Crippen LogP contribution in [-0.4, -0.2) is 40.4 Å². The highest BCUT2D eigenvalue weighted by Crippen LogP contribution is 2.49. The zero-order valence-electron chi connectivity index (χ0n) is 19.8. The van der Waals surface area contributed by atoms with Crippen LogP contribution in [0.25, 0.3) is 0 Å². The maximum absolute atomic E-state index is 13.4. The summed E-state index contributed by atoms with van der Waals surface area (Å²) in [5, 5.41) is 13.7. The molecule has 6 rings (SSSR count). The summed E-state index contributed by atoms with van der Waals surface area (Å²) in [6.07, 6.45) is 3.56. The molecule has 0 aliphatic carbocycles. The number of benzene rings is 3. The summed E-state index contributed by atoms with van der Waals surface area (Å²) in [6.45, 7) is 1.24. The van der Waals surface area contributed by atoms with Crippen LogP contribution in [0.5, 0.6) is 11.5 Å². The van der Waals surface area contributed by atoms with E-state index >= 15 is 0 Å². The number of para-hydroxylation sites is 2. The van der Waals surface area contributed by atoms with Crippen molar-refractivity contribution in [1.82, 2.24) is 20.1 Å². The number of hydrogen-bond donors (Lipinski definition) is 2. The van der Waals surface area contributed by atoms with Crippen molar-refractivity contribution in [3.05, 3.63) is 83.9 Å². The fourth-order valence-electron chi connectivity index (χ4n) is 4.88. The van der Waals surface area contributed by atoms with E-state index < -0.39 is 5.92 Å². The third kappa shape index (κ3) is 4.38. The van der Waals surface area contributed by atoms with Crippen molar-refractivity contribution >= 4 is 29.6 Å². The van der Waals surface area contributed by atoms with Gasteiger partial charge in [-0.1, -0.05) is 42.5 Å². The molecule has 2 N–H and O–H groups in total. The largest absolute Gasteiger partial charge is 0.457 e. The topological polar surface area (TPSA) is 101 Å². The van der Waals surface area contributed by atoms with E-state index in [0.29, 0.717) is 31.7 Å². The Hall–Kier alpha value is -4.36. The van der Waals surface area contributed by atoms with E-state index in [2.05, 4.69) is 16.9 Å². The monoisotopic (exact) mass is 512 g/mol. The summed E-state index contributed by atoms with van der Waals surface area (Å²) < 4.78 is 7.35. The quantitative estimate of drug-likeness (QED) is 0.396. The lowest BCUT2D eigenvalue weighted by Crippen LogP contribution is -2.58. The van der Waals surface area contributed by atoms with Gasteiger partial charge >= 0.3 is 6.03 Å². The van der Waals surface area contributed by atoms with Crippen LogP contribution in [-0.2, 0) is 4.79 Å². The summed E-state index contributed by atoms with van der Waals surface area (Å²) in [4.78, 5) is 29.1. The Morgan fingerprint density at radius 1 is 1.00 bits per heavy atom. The van der Waals surface area contributed by atoms with Gasteiger partial charge < -0.3 is 15.0 Å². The van der Waals surface area contributed by atoms with Crippen LogP contribution in [0.4, 0.5) is 10.5 Å². The second kappa shape index (κ2) is 9.59. The van der Waals surface area contributed by atoms with Gasteiger partial charge in [-0.25, -0.2) is 10.2 Å². The van der Waals surface area contributed by atoms with E-state index in [1.54, 1.807) is 10.0 Å². The third-order valence-corrected chi connectivity index (χ3v) is 7.76. The van der Waals surface area contributed by atoms with Crippen LogP contribution >= 0.6 is 11.9 Å². The number of nitrogens with zero attached hydrogens (tertiary/aromatic N) is 4. The molecule has 0 spiro atoms. The lowest BCUT2D eigenvalue weighted by molar-refractivity contribution is -0.122. The zero-order valence-corrected chi connectivity index (χ0v) is 20.6. The predicted octanol–water partition coefficient (Wildman–Crippen LogP) is 4.35. The van der Waals surface area contributed by atoms with E-state index in [9.17, 15) is 9.59 Å². The van der Waals surface area contributed by atoms with Crippen LogP contribution in [0.15, 0.2) is 77.7 Å². The molecule has 0 saturated carbocycles. The number of nitriles is 1. The molecule has 3 aliphatic heterocycles. The number of hydrogen-bond acceptors (Lipinski definition) is 7. The van der Waals surface area contributed by atoms with Crippen molar-refractivity contribution in [3.63, 3.8) is 0 Å². The zero-order chi connectivity index (χ0) is 25.4. The van der Waals surface area contributed by atoms with Crippen LogP contribution in [0.2, 0.25) is 0 Å². The molecule has 3 heterocycles. The lowest BCUT2D eigenvalue weighted by atomic mass is 9.88. The van der Waals surface area contributed by atoms with Gasteiger partial charge in [-0.2, -0.15) is 14.8 Å². The van der Waals surface area contributed by atoms with E-state index in [4.69, 9.17) is 10.00 Å². The van der Waals surface area contributed by atoms with Crippen LogP contribution in [0, 0.1) is 11.5 Å². The van der Waals surface area contributed by atoms with Gasteiger partial charge in [-0.15, -0.1) is 0 Å². The van der Waals surface area contributed by atoms with Gasteiger partial charge in [0, 0.05) is 31.1 Å². The summed E-state index contributed by atoms with van der Waals surface area (Å²) in [7, 11) is 0. The number of nitrogens with one attached hydrogen (secondary N) is 2. The Morgan fingerprint density at radius 2 is 1.73 bits per heavy atom. The van der Waals surface area contributed by atoms with Gasteiger partial charge in [-0.3, -0.25) is 4.79 Å². The SMILES string of the molecule is N#CN1CCC(NC(=O)N2Sc3cccc4c3N2NC(=O)C4c2ccc(Oc3ccccc3)cc2)CC1. The number of rotatable bonds is 4. The average molecular weight is 513 g/mol. The molecule has 3 aliphatic rings. The summed E-state index contributed by atoms with van der Waals surface area (Å²) in [5.41, 5.74) is 5.39. The molecule has 3 aromatic rings. The molecule has 1 atom stereocenters. The van der Waals surface area contributed by atoms with Gasteiger partial charge in [0.25, 0.3) is 5.91 Å². The van der Waals surface area contributed by atoms with Crippen LogP contribution in [0.1, 0.15) is 29.9 Å². The number of hydrazine groups is 2. The van der Waals surface area contributed by atoms with Crippen molar-refractivity contribution < 1.29 is 14.3 Å². The van der Waals surface area contributed by atoms with Gasteiger partial charge in [0.2, 0.25) is 0 Å². The molecule has 37 heavy (non-hydrogen) atoms. The summed E-state index contributed by atoms with van der Waals surface area (Å²) in [5.74, 6) is 0.693. The number of carbonyl (C=O) groups excluding carboxylic acids is 2. The Morgan fingerprint density at radius 3 is 2.46 bits per heavy atom. The molecule has 0 radical (unpaired) electrons. The van der Waals surface area contributed by atoms with Crippen molar-refractivity contribution in [1.29, 1.82) is 5.26 Å². The Kier molecular flexibility index (Phi) is 5.98. The third-order valence-electron chi connectivity index (χ3n) is 6.73. The predicted molar refractivity (Wildman–Crippen MR) is 138 cm³/mol. The number of carbonyl (C=O) groups is 2. The molecule has 1 saturated heterocycles. The highest BCUT2D eigenvalue weighted by Gasteiger charge is 2.43. The Bertz CT molecular complexity index is 1370. The minimum Gasteiger partial charge on any atom is -0.457 e. The molecular weight excluding hydrogens is 488 g/mol. The molecule has 3 amide bonds. The molecule has 3 aromatic carbocycles. The number of ether oxygens (including phenoxy) is 1. The van der Waals surface area contributed by atoms with E-state index in [1.165, 1.54) is 16.4 Å². The number of likely N-dealkylation sites (tertiary alicyclic amines) is 1. The maximum atomic E-state index is 13.4. The number of amides is 3. The first-order valence-electron chi connectivity index (χ1n) is 12.1. The lowest BCUT2D eigenvalue weighted by Gasteiger charge is -2.36. The first-order valence-corrected chi connectivity index (χ1v) is 12.9. The van der Waals surface area contributed by atoms with Crippen LogP contribution in [0.3, 0.4) is 0 Å². The molecule has 1 unspecified atom stereocenters. The number of anilines is 1. The Balaban J connectivity index is 1.21. The molecular formula is C27H24N6O3S. The molecule has 0 aromatic heterocycles. The number of urea groups is 1. The minimum atomic E-state index is -0.518. The smallest absolute Gasteiger partial charge is 0.348 e. The fourth-order valence-corrected chi connectivity index (χ4v) is 5.83. The highest BCUT2D eigenvalue weighted by molar-refractivity contribution is 7.98. The number of piperidine rings is 1. The van der Waals surface area contributed by atoms with Crippen molar-refractivity contribution in [2.24, 2.45) is 0 Å². The van der Waals surface area contributed by atoms with E-state index in [-0.39, 0.29) is 18.0 Å². The average Bonchev–Trinajstić information content (AvgIpc) is 3.30. The van der Waals surface area contributed by atoms with Gasteiger partial charge in [-0.05, 0) is 54.3 Å². The highest BCUT2D eigenvalue weighted by atomic mass is 32.2. The first kappa shape index (κ1) is 23.1. The summed E-state index contributed by atoms with van der Waals surface area (Å²) >= 11 is 1.28. The second-order valence-electron chi connectivity index (χ2n) is 9.07. The minimum absolute atomic E-state index is 0.0225. The molecule has 10 heteroatoms. The van der Waals surface area contributed by atoms with Gasteiger partial charge in [0.15, 0.2) is 6.19 Å². The van der Waals surface area contributed by atoms with Gasteiger partial charge in [0.1, 0.15) is 17.2 Å². The van der Waals surface area contributed by atoms with Crippen LogP contribution < -0.4 is 20.6 Å². The first-order chi connectivity index (χ1) is 18.1.